The molecule has 1 N–H and O–H groups in total. The SMILES string of the molecule is CN(C)C[C@H]1CCn2ncc(C(=O)NCCc3nccs3)c2C1. The molecule has 1 aliphatic heterocycles. The summed E-state index contributed by atoms with van der Waals surface area (Å²) in [6.45, 7) is 2.56. The zero-order valence-electron chi connectivity index (χ0n) is 13.7. The first kappa shape index (κ1) is 16.1. The number of carbonyl (C=O) groups excluding carboxylic acids is 1. The molecule has 0 spiro atoms. The lowest BCUT2D eigenvalue weighted by Crippen LogP contribution is -2.31. The van der Waals surface area contributed by atoms with Crippen molar-refractivity contribution >= 4 is 17.2 Å². The van der Waals surface area contributed by atoms with Crippen LogP contribution in [0.1, 0.15) is 27.5 Å². The van der Waals surface area contributed by atoms with Crippen LogP contribution in [0.15, 0.2) is 17.8 Å². The van der Waals surface area contributed by atoms with Gasteiger partial charge >= 0.3 is 0 Å². The van der Waals surface area contributed by atoms with Gasteiger partial charge in [0.25, 0.3) is 5.91 Å². The van der Waals surface area contributed by atoms with Gasteiger partial charge in [-0.2, -0.15) is 5.10 Å². The maximum absolute atomic E-state index is 12.4. The predicted octanol–water partition coefficient (Wildman–Crippen LogP) is 1.44. The van der Waals surface area contributed by atoms with Crippen molar-refractivity contribution < 1.29 is 4.79 Å². The van der Waals surface area contributed by atoms with E-state index in [1.165, 1.54) is 0 Å². The van der Waals surface area contributed by atoms with E-state index in [0.717, 1.165) is 48.6 Å². The topological polar surface area (TPSA) is 63.1 Å². The van der Waals surface area contributed by atoms with Crippen molar-refractivity contribution in [3.8, 4) is 0 Å². The molecular formula is C16H23N5OS. The summed E-state index contributed by atoms with van der Waals surface area (Å²) in [5.74, 6) is 0.573. The largest absolute Gasteiger partial charge is 0.352 e. The number of aromatic nitrogens is 3. The van der Waals surface area contributed by atoms with Gasteiger partial charge in [0.15, 0.2) is 0 Å². The van der Waals surface area contributed by atoms with E-state index in [2.05, 4.69) is 34.4 Å². The summed E-state index contributed by atoms with van der Waals surface area (Å²) >= 11 is 1.62. The molecule has 0 aliphatic carbocycles. The van der Waals surface area contributed by atoms with Gasteiger partial charge in [-0.05, 0) is 32.9 Å². The van der Waals surface area contributed by atoms with Crippen molar-refractivity contribution in [2.24, 2.45) is 5.92 Å². The summed E-state index contributed by atoms with van der Waals surface area (Å²) in [6.07, 6.45) is 6.33. The van der Waals surface area contributed by atoms with E-state index in [9.17, 15) is 4.79 Å². The molecular weight excluding hydrogens is 310 g/mol. The lowest BCUT2D eigenvalue weighted by molar-refractivity contribution is 0.0952. The number of hydrogen-bond donors (Lipinski definition) is 1. The van der Waals surface area contributed by atoms with Crippen LogP contribution in [0, 0.1) is 5.92 Å². The fourth-order valence-electron chi connectivity index (χ4n) is 3.12. The maximum atomic E-state index is 12.4. The first-order valence-electron chi connectivity index (χ1n) is 7.99. The van der Waals surface area contributed by atoms with Gasteiger partial charge < -0.3 is 10.2 Å². The van der Waals surface area contributed by atoms with Crippen molar-refractivity contribution in [1.82, 2.24) is 25.0 Å². The molecule has 124 valence electrons. The molecule has 2 aromatic rings. The highest BCUT2D eigenvalue weighted by molar-refractivity contribution is 7.09. The minimum Gasteiger partial charge on any atom is -0.352 e. The van der Waals surface area contributed by atoms with E-state index in [-0.39, 0.29) is 5.91 Å². The maximum Gasteiger partial charge on any atom is 0.254 e. The van der Waals surface area contributed by atoms with Crippen molar-refractivity contribution in [2.45, 2.75) is 25.8 Å². The minimum atomic E-state index is -0.0201. The van der Waals surface area contributed by atoms with Crippen molar-refractivity contribution in [3.05, 3.63) is 34.0 Å². The summed E-state index contributed by atoms with van der Waals surface area (Å²) < 4.78 is 1.99. The van der Waals surface area contributed by atoms with Crippen LogP contribution in [0.5, 0.6) is 0 Å². The van der Waals surface area contributed by atoms with E-state index < -0.39 is 0 Å². The molecule has 0 aromatic carbocycles. The third-order valence-electron chi connectivity index (χ3n) is 4.16. The highest BCUT2D eigenvalue weighted by Gasteiger charge is 2.25. The van der Waals surface area contributed by atoms with Crippen molar-refractivity contribution in [3.63, 3.8) is 0 Å². The Balaban J connectivity index is 1.60. The molecule has 0 saturated heterocycles. The number of fused-ring (bicyclic) bond motifs is 1. The van der Waals surface area contributed by atoms with Crippen molar-refractivity contribution in [2.75, 3.05) is 27.2 Å². The molecule has 2 aromatic heterocycles. The molecule has 0 bridgehead atoms. The molecule has 0 saturated carbocycles. The third kappa shape index (κ3) is 3.97. The lowest BCUT2D eigenvalue weighted by atomic mass is 9.94. The molecule has 23 heavy (non-hydrogen) atoms. The molecule has 1 aliphatic rings. The Labute approximate surface area is 140 Å². The van der Waals surface area contributed by atoms with E-state index in [4.69, 9.17) is 0 Å². The Bertz CT molecular complexity index is 649. The quantitative estimate of drug-likeness (QED) is 0.869. The monoisotopic (exact) mass is 333 g/mol. The number of thiazole rings is 1. The molecule has 0 fully saturated rings. The standard InChI is InChI=1S/C16H23N5OS/c1-20(2)11-12-4-7-21-14(9-12)13(10-19-21)16(22)18-5-3-15-17-6-8-23-15/h6,8,10,12H,3-5,7,9,11H2,1-2H3,(H,18,22)/t12-/m0/s1. The molecule has 3 heterocycles. The second-order valence-electron chi connectivity index (χ2n) is 6.28. The van der Waals surface area contributed by atoms with Gasteiger partial charge in [0.1, 0.15) is 0 Å². The van der Waals surface area contributed by atoms with Gasteiger partial charge in [-0.1, -0.05) is 0 Å². The molecule has 0 unspecified atom stereocenters. The van der Waals surface area contributed by atoms with Gasteiger partial charge in [0.05, 0.1) is 22.5 Å². The van der Waals surface area contributed by atoms with Crippen LogP contribution in [-0.2, 0) is 19.4 Å². The van der Waals surface area contributed by atoms with Crippen LogP contribution >= 0.6 is 11.3 Å². The highest BCUT2D eigenvalue weighted by Crippen LogP contribution is 2.23. The summed E-state index contributed by atoms with van der Waals surface area (Å²) in [4.78, 5) is 18.9. The molecule has 6 nitrogen and oxygen atoms in total. The molecule has 1 atom stereocenters. The molecule has 1 amide bonds. The highest BCUT2D eigenvalue weighted by atomic mass is 32.1. The van der Waals surface area contributed by atoms with Crippen LogP contribution in [0.25, 0.3) is 0 Å². The fraction of sp³-hybridized carbons (Fsp3) is 0.562. The van der Waals surface area contributed by atoms with Gasteiger partial charge in [0, 0.05) is 37.6 Å². The Morgan fingerprint density at radius 1 is 1.52 bits per heavy atom. The molecule has 3 rings (SSSR count). The predicted molar refractivity (Wildman–Crippen MR) is 90.7 cm³/mol. The number of amides is 1. The number of hydrogen-bond acceptors (Lipinski definition) is 5. The molecule has 0 radical (unpaired) electrons. The average molecular weight is 333 g/mol. The van der Waals surface area contributed by atoms with Crippen LogP contribution in [0.4, 0.5) is 0 Å². The van der Waals surface area contributed by atoms with Crippen LogP contribution in [0.3, 0.4) is 0 Å². The summed E-state index contributed by atoms with van der Waals surface area (Å²) in [5.41, 5.74) is 1.81. The Morgan fingerprint density at radius 2 is 2.39 bits per heavy atom. The zero-order chi connectivity index (χ0) is 16.2. The normalized spacial score (nSPS) is 17.3. The number of nitrogens with zero attached hydrogens (tertiary/aromatic N) is 4. The number of nitrogens with one attached hydrogen (secondary N) is 1. The van der Waals surface area contributed by atoms with Crippen molar-refractivity contribution in [1.29, 1.82) is 0 Å². The van der Waals surface area contributed by atoms with Crippen LogP contribution in [-0.4, -0.2) is 52.8 Å². The van der Waals surface area contributed by atoms with E-state index in [1.54, 1.807) is 23.7 Å². The van der Waals surface area contributed by atoms with Crippen LogP contribution < -0.4 is 5.32 Å². The first-order valence-corrected chi connectivity index (χ1v) is 8.87. The number of rotatable bonds is 6. The smallest absolute Gasteiger partial charge is 0.254 e. The Hall–Kier alpha value is -1.73. The minimum absolute atomic E-state index is 0.0201. The first-order chi connectivity index (χ1) is 11.1. The lowest BCUT2D eigenvalue weighted by Gasteiger charge is -2.26. The summed E-state index contributed by atoms with van der Waals surface area (Å²) in [7, 11) is 4.19. The van der Waals surface area contributed by atoms with E-state index in [0.29, 0.717) is 12.5 Å². The summed E-state index contributed by atoms with van der Waals surface area (Å²) in [5, 5.41) is 10.4. The fourth-order valence-corrected chi connectivity index (χ4v) is 3.74. The van der Waals surface area contributed by atoms with E-state index in [1.807, 2.05) is 10.1 Å². The zero-order valence-corrected chi connectivity index (χ0v) is 14.5. The number of aryl methyl sites for hydroxylation is 1. The Morgan fingerprint density at radius 3 is 3.13 bits per heavy atom. The van der Waals surface area contributed by atoms with E-state index >= 15 is 0 Å². The van der Waals surface area contributed by atoms with Gasteiger partial charge in [-0.25, -0.2) is 4.98 Å². The second kappa shape index (κ2) is 7.23. The number of carbonyl (C=O) groups is 1. The third-order valence-corrected chi connectivity index (χ3v) is 5.00. The Kier molecular flexibility index (Phi) is 5.07. The van der Waals surface area contributed by atoms with Gasteiger partial charge in [-0.15, -0.1) is 11.3 Å². The molecule has 7 heteroatoms. The second-order valence-corrected chi connectivity index (χ2v) is 7.26. The van der Waals surface area contributed by atoms with Gasteiger partial charge in [0.2, 0.25) is 0 Å². The summed E-state index contributed by atoms with van der Waals surface area (Å²) in [6, 6.07) is 0. The van der Waals surface area contributed by atoms with Gasteiger partial charge in [-0.3, -0.25) is 9.48 Å². The van der Waals surface area contributed by atoms with Crippen LogP contribution in [0.2, 0.25) is 0 Å². The average Bonchev–Trinajstić information content (AvgIpc) is 3.15.